The van der Waals surface area contributed by atoms with Crippen LogP contribution in [0.3, 0.4) is 0 Å². The fourth-order valence-electron chi connectivity index (χ4n) is 2.20. The molecule has 0 bridgehead atoms. The molecule has 86 valence electrons. The number of ether oxygens (including phenoxy) is 1. The van der Waals surface area contributed by atoms with Crippen LogP contribution in [0.5, 0.6) is 0 Å². The lowest BCUT2D eigenvalue weighted by molar-refractivity contribution is -0.139. The third-order valence-electron chi connectivity index (χ3n) is 3.29. The van der Waals surface area contributed by atoms with Crippen molar-refractivity contribution in [2.45, 2.75) is 25.9 Å². The van der Waals surface area contributed by atoms with E-state index in [1.165, 1.54) is 0 Å². The van der Waals surface area contributed by atoms with Gasteiger partial charge in [0.05, 0.1) is 12.0 Å². The van der Waals surface area contributed by atoms with Crippen molar-refractivity contribution in [2.75, 3.05) is 32.8 Å². The predicted octanol–water partition coefficient (Wildman–Crippen LogP) is 0.233. The topological polar surface area (TPSA) is 41.6 Å². The molecule has 4 nitrogen and oxygen atoms in total. The Morgan fingerprint density at radius 2 is 2.07 bits per heavy atom. The van der Waals surface area contributed by atoms with Crippen LogP contribution in [0, 0.1) is 5.92 Å². The molecule has 1 N–H and O–H groups in total. The summed E-state index contributed by atoms with van der Waals surface area (Å²) < 4.78 is 5.56. The van der Waals surface area contributed by atoms with Crippen LogP contribution in [0.4, 0.5) is 0 Å². The molecule has 0 unspecified atom stereocenters. The standard InChI is InChI=1S/C11H20N2O2/c1-2-15-10-3-5-13(6-4-10)11(14)9-7-12-8-9/h9-10,12H,2-8H2,1H3. The van der Waals surface area contributed by atoms with Crippen LogP contribution >= 0.6 is 0 Å². The molecule has 0 atom stereocenters. The quantitative estimate of drug-likeness (QED) is 0.728. The van der Waals surface area contributed by atoms with E-state index >= 15 is 0 Å². The fraction of sp³-hybridized carbons (Fsp3) is 0.909. The van der Waals surface area contributed by atoms with Gasteiger partial charge in [0.2, 0.25) is 5.91 Å². The van der Waals surface area contributed by atoms with Crippen molar-refractivity contribution in [2.24, 2.45) is 5.92 Å². The van der Waals surface area contributed by atoms with Gasteiger partial charge in [0.25, 0.3) is 0 Å². The second kappa shape index (κ2) is 4.94. The highest BCUT2D eigenvalue weighted by Gasteiger charge is 2.31. The van der Waals surface area contributed by atoms with Crippen LogP contribution in [0.15, 0.2) is 0 Å². The first-order valence-electron chi connectivity index (χ1n) is 5.92. The molecule has 2 fully saturated rings. The minimum Gasteiger partial charge on any atom is -0.378 e. The third kappa shape index (κ3) is 2.49. The van der Waals surface area contributed by atoms with Crippen LogP contribution in [-0.4, -0.2) is 49.7 Å². The Balaban J connectivity index is 1.74. The minimum absolute atomic E-state index is 0.244. The van der Waals surface area contributed by atoms with E-state index in [-0.39, 0.29) is 5.92 Å². The zero-order chi connectivity index (χ0) is 10.7. The summed E-state index contributed by atoms with van der Waals surface area (Å²) in [5.41, 5.74) is 0. The number of hydrogen-bond donors (Lipinski definition) is 1. The zero-order valence-electron chi connectivity index (χ0n) is 9.37. The summed E-state index contributed by atoms with van der Waals surface area (Å²) in [6.07, 6.45) is 2.37. The van der Waals surface area contributed by atoms with Gasteiger partial charge in [-0.1, -0.05) is 0 Å². The average Bonchev–Trinajstić information content (AvgIpc) is 2.16. The minimum atomic E-state index is 0.244. The summed E-state index contributed by atoms with van der Waals surface area (Å²) in [5, 5.41) is 3.14. The number of piperidine rings is 1. The Labute approximate surface area is 91.0 Å². The molecule has 0 radical (unpaired) electrons. The lowest BCUT2D eigenvalue weighted by Gasteiger charge is -2.36. The molecule has 2 heterocycles. The van der Waals surface area contributed by atoms with Crippen molar-refractivity contribution in [3.05, 3.63) is 0 Å². The lowest BCUT2D eigenvalue weighted by atomic mass is 9.99. The van der Waals surface area contributed by atoms with Crippen molar-refractivity contribution < 1.29 is 9.53 Å². The highest BCUT2D eigenvalue weighted by molar-refractivity contribution is 5.80. The number of likely N-dealkylation sites (tertiary alicyclic amines) is 1. The van der Waals surface area contributed by atoms with E-state index in [9.17, 15) is 4.79 Å². The molecule has 0 aromatic heterocycles. The molecule has 0 saturated carbocycles. The third-order valence-corrected chi connectivity index (χ3v) is 3.29. The van der Waals surface area contributed by atoms with Gasteiger partial charge in [-0.15, -0.1) is 0 Å². The summed E-state index contributed by atoms with van der Waals surface area (Å²) in [6.45, 7) is 6.29. The average molecular weight is 212 g/mol. The summed E-state index contributed by atoms with van der Waals surface area (Å²) in [6, 6.07) is 0. The number of carbonyl (C=O) groups excluding carboxylic acids is 1. The zero-order valence-corrected chi connectivity index (χ0v) is 9.37. The van der Waals surface area contributed by atoms with Gasteiger partial charge < -0.3 is 15.0 Å². The van der Waals surface area contributed by atoms with Crippen LogP contribution in [0.25, 0.3) is 0 Å². The van der Waals surface area contributed by atoms with Crippen LogP contribution < -0.4 is 5.32 Å². The Morgan fingerprint density at radius 3 is 2.53 bits per heavy atom. The Bertz CT molecular complexity index is 221. The largest absolute Gasteiger partial charge is 0.378 e. The molecule has 2 aliphatic heterocycles. The van der Waals surface area contributed by atoms with Gasteiger partial charge in [0, 0.05) is 32.8 Å². The highest BCUT2D eigenvalue weighted by atomic mass is 16.5. The second-order valence-electron chi connectivity index (χ2n) is 4.34. The van der Waals surface area contributed by atoms with Crippen molar-refractivity contribution in [3.8, 4) is 0 Å². The lowest BCUT2D eigenvalue weighted by Crippen LogP contribution is -2.53. The van der Waals surface area contributed by atoms with E-state index < -0.39 is 0 Å². The van der Waals surface area contributed by atoms with Crippen LogP contribution in [-0.2, 0) is 9.53 Å². The van der Waals surface area contributed by atoms with E-state index in [4.69, 9.17) is 4.74 Å². The fourth-order valence-corrected chi connectivity index (χ4v) is 2.20. The molecule has 2 saturated heterocycles. The summed E-state index contributed by atoms with van der Waals surface area (Å²) >= 11 is 0. The monoisotopic (exact) mass is 212 g/mol. The highest BCUT2D eigenvalue weighted by Crippen LogP contribution is 2.17. The first-order valence-corrected chi connectivity index (χ1v) is 5.92. The summed E-state index contributed by atoms with van der Waals surface area (Å²) in [4.78, 5) is 13.9. The maximum absolute atomic E-state index is 11.9. The number of amides is 1. The molecule has 0 aliphatic carbocycles. The van der Waals surface area contributed by atoms with Gasteiger partial charge >= 0.3 is 0 Å². The van der Waals surface area contributed by atoms with E-state index in [0.29, 0.717) is 12.0 Å². The molecule has 4 heteroatoms. The number of carbonyl (C=O) groups is 1. The molecule has 2 aliphatic rings. The first kappa shape index (κ1) is 10.9. The van der Waals surface area contributed by atoms with Gasteiger partial charge in [-0.25, -0.2) is 0 Å². The molecule has 2 rings (SSSR count). The molecular formula is C11H20N2O2. The van der Waals surface area contributed by atoms with Crippen LogP contribution in [0.1, 0.15) is 19.8 Å². The van der Waals surface area contributed by atoms with E-state index in [1.54, 1.807) is 0 Å². The molecular weight excluding hydrogens is 192 g/mol. The Morgan fingerprint density at radius 1 is 1.40 bits per heavy atom. The number of hydrogen-bond acceptors (Lipinski definition) is 3. The Kier molecular flexibility index (Phi) is 3.59. The smallest absolute Gasteiger partial charge is 0.228 e. The van der Waals surface area contributed by atoms with Gasteiger partial charge in [-0.2, -0.15) is 0 Å². The molecule has 0 aromatic carbocycles. The van der Waals surface area contributed by atoms with Crippen molar-refractivity contribution in [3.63, 3.8) is 0 Å². The van der Waals surface area contributed by atoms with E-state index in [1.807, 2.05) is 11.8 Å². The number of nitrogens with zero attached hydrogens (tertiary/aromatic N) is 1. The maximum atomic E-state index is 11.9. The Hall–Kier alpha value is -0.610. The molecule has 1 amide bonds. The summed E-state index contributed by atoms with van der Waals surface area (Å²) in [7, 11) is 0. The van der Waals surface area contributed by atoms with E-state index in [2.05, 4.69) is 5.32 Å². The predicted molar refractivity (Wildman–Crippen MR) is 57.6 cm³/mol. The van der Waals surface area contributed by atoms with E-state index in [0.717, 1.165) is 45.6 Å². The van der Waals surface area contributed by atoms with Crippen molar-refractivity contribution in [1.82, 2.24) is 10.2 Å². The van der Waals surface area contributed by atoms with Gasteiger partial charge in [-0.05, 0) is 19.8 Å². The molecule has 0 spiro atoms. The normalized spacial score (nSPS) is 23.9. The number of nitrogens with one attached hydrogen (secondary N) is 1. The van der Waals surface area contributed by atoms with Gasteiger partial charge in [0.15, 0.2) is 0 Å². The molecule has 0 aromatic rings. The van der Waals surface area contributed by atoms with Gasteiger partial charge in [-0.3, -0.25) is 4.79 Å². The van der Waals surface area contributed by atoms with Crippen molar-refractivity contribution >= 4 is 5.91 Å². The first-order chi connectivity index (χ1) is 7.31. The second-order valence-corrected chi connectivity index (χ2v) is 4.34. The SMILES string of the molecule is CCOC1CCN(C(=O)C2CNC2)CC1. The van der Waals surface area contributed by atoms with Crippen molar-refractivity contribution in [1.29, 1.82) is 0 Å². The maximum Gasteiger partial charge on any atom is 0.228 e. The van der Waals surface area contributed by atoms with Crippen LogP contribution in [0.2, 0.25) is 0 Å². The summed E-state index contributed by atoms with van der Waals surface area (Å²) in [5.74, 6) is 0.581. The van der Waals surface area contributed by atoms with Gasteiger partial charge in [0.1, 0.15) is 0 Å². The number of rotatable bonds is 3. The molecule has 15 heavy (non-hydrogen) atoms.